The Kier molecular flexibility index (Phi) is 9.59. The lowest BCUT2D eigenvalue weighted by Crippen LogP contribution is -2.57. The zero-order chi connectivity index (χ0) is 25.4. The van der Waals surface area contributed by atoms with Crippen molar-refractivity contribution in [1.29, 1.82) is 0 Å². The largest absolute Gasteiger partial charge is 0.481 e. The summed E-state index contributed by atoms with van der Waals surface area (Å²) in [5, 5.41) is 21.0. The van der Waals surface area contributed by atoms with Crippen molar-refractivity contribution in [3.05, 3.63) is 0 Å². The van der Waals surface area contributed by atoms with Gasteiger partial charge in [-0.2, -0.15) is 0 Å². The number of aliphatic imine (C=N–C) groups is 1. The molecule has 0 aromatic rings. The maximum Gasteiger partial charge on any atom is 0.326 e. The summed E-state index contributed by atoms with van der Waals surface area (Å²) in [4.78, 5) is 67.7. The van der Waals surface area contributed by atoms with Crippen LogP contribution in [-0.4, -0.2) is 99.4 Å². The van der Waals surface area contributed by atoms with Gasteiger partial charge in [-0.3, -0.25) is 24.2 Å². The van der Waals surface area contributed by atoms with Gasteiger partial charge in [0, 0.05) is 19.6 Å². The lowest BCUT2D eigenvalue weighted by molar-refractivity contribution is -0.151. The van der Waals surface area contributed by atoms with E-state index in [0.29, 0.717) is 45.2 Å². The van der Waals surface area contributed by atoms with Crippen molar-refractivity contribution in [2.24, 2.45) is 22.2 Å². The Balaban J connectivity index is 2.05. The van der Waals surface area contributed by atoms with E-state index in [1.165, 1.54) is 4.90 Å². The van der Waals surface area contributed by atoms with E-state index in [9.17, 15) is 34.2 Å². The van der Waals surface area contributed by atoms with Crippen LogP contribution in [0.2, 0.25) is 0 Å². The minimum absolute atomic E-state index is 0.0646. The van der Waals surface area contributed by atoms with Gasteiger partial charge in [0.05, 0.1) is 12.5 Å². The summed E-state index contributed by atoms with van der Waals surface area (Å²) in [6.45, 7) is 0.758. The van der Waals surface area contributed by atoms with Crippen LogP contribution in [0.4, 0.5) is 0 Å². The van der Waals surface area contributed by atoms with Crippen LogP contribution >= 0.6 is 0 Å². The second-order valence-electron chi connectivity index (χ2n) is 8.43. The lowest BCUT2D eigenvalue weighted by atomic mass is 10.1. The number of nitrogens with zero attached hydrogens (tertiary/aromatic N) is 3. The van der Waals surface area contributed by atoms with Crippen LogP contribution in [0.5, 0.6) is 0 Å². The van der Waals surface area contributed by atoms with Gasteiger partial charge >= 0.3 is 11.9 Å². The minimum atomic E-state index is -1.45. The molecule has 4 atom stereocenters. The first-order valence-electron chi connectivity index (χ1n) is 11.2. The highest BCUT2D eigenvalue weighted by atomic mass is 16.4. The van der Waals surface area contributed by atoms with Crippen LogP contribution in [-0.2, 0) is 24.0 Å². The Labute approximate surface area is 196 Å². The highest BCUT2D eigenvalue weighted by Gasteiger charge is 2.41. The van der Waals surface area contributed by atoms with Crippen molar-refractivity contribution in [3.63, 3.8) is 0 Å². The standard InChI is InChI=1S/C20H33N7O7/c21-11(4-1-7-24-20(22)23)17(31)26-8-2-5-13(26)16(30)25-12(10-15(28)29)18(32)27-9-3-6-14(27)19(33)34/h11-14H,1-10,21H2,(H,25,30)(H,28,29)(H,33,34)(H4,22,23,24). The molecule has 0 aromatic carbocycles. The van der Waals surface area contributed by atoms with Gasteiger partial charge in [0.2, 0.25) is 17.7 Å². The van der Waals surface area contributed by atoms with Crippen LogP contribution in [0.3, 0.4) is 0 Å². The topological polar surface area (TPSA) is 235 Å². The number of nitrogens with two attached hydrogens (primary N) is 3. The zero-order valence-electron chi connectivity index (χ0n) is 18.9. The molecule has 0 radical (unpaired) electrons. The van der Waals surface area contributed by atoms with Crippen LogP contribution in [0.25, 0.3) is 0 Å². The minimum Gasteiger partial charge on any atom is -0.481 e. The van der Waals surface area contributed by atoms with Crippen molar-refractivity contribution in [1.82, 2.24) is 15.1 Å². The number of likely N-dealkylation sites (tertiary alicyclic amines) is 2. The number of carboxylic acid groups (broad SMARTS) is 2. The molecule has 34 heavy (non-hydrogen) atoms. The molecule has 190 valence electrons. The molecule has 4 unspecified atom stereocenters. The highest BCUT2D eigenvalue weighted by Crippen LogP contribution is 2.22. The van der Waals surface area contributed by atoms with Crippen molar-refractivity contribution in [2.45, 2.75) is 69.1 Å². The number of carbonyl (C=O) groups excluding carboxylic acids is 3. The SMILES string of the molecule is NC(N)=NCCCC(N)C(=O)N1CCCC1C(=O)NC(CC(=O)O)C(=O)N1CCCC1C(=O)O. The summed E-state index contributed by atoms with van der Waals surface area (Å²) >= 11 is 0. The Morgan fingerprint density at radius 2 is 1.56 bits per heavy atom. The van der Waals surface area contributed by atoms with Crippen LogP contribution in [0.1, 0.15) is 44.9 Å². The van der Waals surface area contributed by atoms with E-state index in [4.69, 9.17) is 17.2 Å². The number of nitrogens with one attached hydrogen (secondary N) is 1. The Hall–Kier alpha value is -3.42. The maximum absolute atomic E-state index is 13.0. The van der Waals surface area contributed by atoms with E-state index in [0.717, 1.165) is 4.90 Å². The fraction of sp³-hybridized carbons (Fsp3) is 0.700. The number of rotatable bonds is 11. The quantitative estimate of drug-likeness (QED) is 0.102. The number of carboxylic acids is 2. The molecular weight excluding hydrogens is 450 g/mol. The molecule has 2 aliphatic rings. The maximum atomic E-state index is 13.0. The summed E-state index contributed by atoms with van der Waals surface area (Å²) in [6.07, 6.45) is 1.63. The van der Waals surface area contributed by atoms with E-state index in [1.807, 2.05) is 0 Å². The number of hydrogen-bond donors (Lipinski definition) is 6. The second kappa shape index (κ2) is 12.2. The summed E-state index contributed by atoms with van der Waals surface area (Å²) in [5.41, 5.74) is 16.5. The first-order chi connectivity index (χ1) is 16.0. The molecule has 2 fully saturated rings. The van der Waals surface area contributed by atoms with Crippen molar-refractivity contribution in [2.75, 3.05) is 19.6 Å². The van der Waals surface area contributed by atoms with Gasteiger partial charge in [0.15, 0.2) is 5.96 Å². The number of aliphatic carboxylic acids is 2. The average molecular weight is 484 g/mol. The molecule has 0 aliphatic carbocycles. The number of guanidine groups is 1. The third-order valence-corrected chi connectivity index (χ3v) is 5.94. The highest BCUT2D eigenvalue weighted by molar-refractivity contribution is 5.96. The van der Waals surface area contributed by atoms with E-state index >= 15 is 0 Å². The molecule has 9 N–H and O–H groups in total. The molecule has 3 amide bonds. The van der Waals surface area contributed by atoms with Gasteiger partial charge < -0.3 is 42.5 Å². The third-order valence-electron chi connectivity index (χ3n) is 5.94. The van der Waals surface area contributed by atoms with E-state index < -0.39 is 60.2 Å². The van der Waals surface area contributed by atoms with Gasteiger partial charge in [-0.25, -0.2) is 4.79 Å². The van der Waals surface area contributed by atoms with E-state index in [-0.39, 0.29) is 18.9 Å². The number of amides is 3. The molecular formula is C20H33N7O7. The summed E-state index contributed by atoms with van der Waals surface area (Å²) in [7, 11) is 0. The first kappa shape index (κ1) is 26.8. The fourth-order valence-corrected chi connectivity index (χ4v) is 4.29. The Morgan fingerprint density at radius 3 is 2.12 bits per heavy atom. The molecule has 14 heteroatoms. The zero-order valence-corrected chi connectivity index (χ0v) is 18.9. The van der Waals surface area contributed by atoms with Crippen molar-refractivity contribution >= 4 is 35.6 Å². The third kappa shape index (κ3) is 7.04. The summed E-state index contributed by atoms with van der Waals surface area (Å²) < 4.78 is 0. The second-order valence-corrected chi connectivity index (χ2v) is 8.43. The number of carbonyl (C=O) groups is 5. The molecule has 2 aliphatic heterocycles. The summed E-state index contributed by atoms with van der Waals surface area (Å²) in [5.74, 6) is -4.46. The smallest absolute Gasteiger partial charge is 0.326 e. The average Bonchev–Trinajstić information content (AvgIpc) is 3.44. The predicted octanol–water partition coefficient (Wildman–Crippen LogP) is -2.61. The van der Waals surface area contributed by atoms with Gasteiger partial charge in [0.25, 0.3) is 0 Å². The predicted molar refractivity (Wildman–Crippen MR) is 119 cm³/mol. The van der Waals surface area contributed by atoms with Crippen LogP contribution < -0.4 is 22.5 Å². The van der Waals surface area contributed by atoms with E-state index in [1.54, 1.807) is 0 Å². The molecule has 0 bridgehead atoms. The van der Waals surface area contributed by atoms with Gasteiger partial charge in [-0.1, -0.05) is 0 Å². The number of hydrogen-bond acceptors (Lipinski definition) is 7. The Morgan fingerprint density at radius 1 is 0.971 bits per heavy atom. The molecule has 2 rings (SSSR count). The van der Waals surface area contributed by atoms with Crippen molar-refractivity contribution in [3.8, 4) is 0 Å². The van der Waals surface area contributed by atoms with Crippen LogP contribution in [0, 0.1) is 0 Å². The molecule has 0 saturated carbocycles. The molecule has 2 saturated heterocycles. The molecule has 2 heterocycles. The summed E-state index contributed by atoms with van der Waals surface area (Å²) in [6, 6.07) is -4.30. The first-order valence-corrected chi connectivity index (χ1v) is 11.2. The normalized spacial score (nSPS) is 21.6. The monoisotopic (exact) mass is 483 g/mol. The van der Waals surface area contributed by atoms with Crippen molar-refractivity contribution < 1.29 is 34.2 Å². The Bertz CT molecular complexity index is 830. The molecule has 0 spiro atoms. The molecule has 0 aromatic heterocycles. The van der Waals surface area contributed by atoms with Crippen LogP contribution in [0.15, 0.2) is 4.99 Å². The lowest BCUT2D eigenvalue weighted by Gasteiger charge is -2.30. The van der Waals surface area contributed by atoms with Gasteiger partial charge in [-0.05, 0) is 38.5 Å². The fourth-order valence-electron chi connectivity index (χ4n) is 4.29. The van der Waals surface area contributed by atoms with E-state index in [2.05, 4.69) is 10.3 Å². The van der Waals surface area contributed by atoms with Gasteiger partial charge in [0.1, 0.15) is 18.1 Å². The van der Waals surface area contributed by atoms with Gasteiger partial charge in [-0.15, -0.1) is 0 Å². The molecule has 14 nitrogen and oxygen atoms in total.